The van der Waals surface area contributed by atoms with Crippen molar-refractivity contribution in [3.63, 3.8) is 0 Å². The summed E-state index contributed by atoms with van der Waals surface area (Å²) in [6, 6.07) is 5.55. The lowest BCUT2D eigenvalue weighted by Gasteiger charge is -2.38. The van der Waals surface area contributed by atoms with Gasteiger partial charge in [0.05, 0.1) is 18.7 Å². The van der Waals surface area contributed by atoms with Crippen molar-refractivity contribution in [1.82, 2.24) is 19.9 Å². The molecule has 1 aromatic carbocycles. The number of nitrogens with zero attached hydrogens (tertiary/aromatic N) is 4. The second kappa shape index (κ2) is 7.78. The van der Waals surface area contributed by atoms with Crippen LogP contribution in [0.1, 0.15) is 61.3 Å². The summed E-state index contributed by atoms with van der Waals surface area (Å²) in [7, 11) is 0. The molecular weight excluding hydrogens is 385 g/mol. The topological polar surface area (TPSA) is 71.2 Å². The Morgan fingerprint density at radius 2 is 1.93 bits per heavy atom. The molecule has 0 bridgehead atoms. The van der Waals surface area contributed by atoms with Crippen molar-refractivity contribution in [3.05, 3.63) is 47.3 Å². The highest BCUT2D eigenvalue weighted by Crippen LogP contribution is 2.29. The van der Waals surface area contributed by atoms with E-state index < -0.39 is 24.1 Å². The van der Waals surface area contributed by atoms with Gasteiger partial charge in [0, 0.05) is 18.2 Å². The summed E-state index contributed by atoms with van der Waals surface area (Å²) in [6.07, 6.45) is -2.63. The van der Waals surface area contributed by atoms with Gasteiger partial charge in [-0.25, -0.2) is 0 Å². The van der Waals surface area contributed by atoms with Crippen LogP contribution in [0.15, 0.2) is 30.5 Å². The van der Waals surface area contributed by atoms with E-state index in [0.717, 1.165) is 6.42 Å². The van der Waals surface area contributed by atoms with E-state index in [1.807, 2.05) is 6.92 Å². The van der Waals surface area contributed by atoms with E-state index in [2.05, 4.69) is 10.2 Å². The fourth-order valence-electron chi connectivity index (χ4n) is 3.55. The van der Waals surface area contributed by atoms with Crippen LogP contribution in [-0.4, -0.2) is 49.7 Å². The molecule has 6 nitrogen and oxygen atoms in total. The lowest BCUT2D eigenvalue weighted by Crippen LogP contribution is -2.46. The normalized spacial score (nSPS) is 20.7. The molecular formula is C20H25F3N4O2. The molecule has 2 heterocycles. The van der Waals surface area contributed by atoms with Crippen LogP contribution in [0.2, 0.25) is 0 Å². The van der Waals surface area contributed by atoms with Crippen molar-refractivity contribution in [1.29, 1.82) is 0 Å². The summed E-state index contributed by atoms with van der Waals surface area (Å²) >= 11 is 0. The van der Waals surface area contributed by atoms with Gasteiger partial charge in [0.15, 0.2) is 0 Å². The molecule has 2 atom stereocenters. The zero-order valence-electron chi connectivity index (χ0n) is 16.6. The van der Waals surface area contributed by atoms with Gasteiger partial charge in [-0.3, -0.25) is 4.79 Å². The van der Waals surface area contributed by atoms with Gasteiger partial charge in [0.2, 0.25) is 0 Å². The van der Waals surface area contributed by atoms with Crippen LogP contribution in [0, 0.1) is 0 Å². The summed E-state index contributed by atoms with van der Waals surface area (Å²) in [5.41, 5.74) is -0.667. The summed E-state index contributed by atoms with van der Waals surface area (Å²) in [4.78, 5) is 16.2. The fourth-order valence-corrected chi connectivity index (χ4v) is 3.55. The first-order valence-corrected chi connectivity index (χ1v) is 9.56. The molecule has 29 heavy (non-hydrogen) atoms. The van der Waals surface area contributed by atoms with E-state index in [0.29, 0.717) is 18.7 Å². The fraction of sp³-hybridized carbons (Fsp3) is 0.550. The molecule has 3 rings (SSSR count). The first-order chi connectivity index (χ1) is 13.5. The van der Waals surface area contributed by atoms with Crippen molar-refractivity contribution in [2.45, 2.75) is 63.9 Å². The number of alkyl halides is 3. The van der Waals surface area contributed by atoms with Crippen molar-refractivity contribution < 1.29 is 23.1 Å². The van der Waals surface area contributed by atoms with Crippen LogP contribution in [-0.2, 0) is 12.0 Å². The van der Waals surface area contributed by atoms with E-state index in [4.69, 9.17) is 0 Å². The van der Waals surface area contributed by atoms with Gasteiger partial charge in [-0.1, -0.05) is 18.2 Å². The van der Waals surface area contributed by atoms with Gasteiger partial charge in [-0.15, -0.1) is 0 Å². The molecule has 1 saturated heterocycles. The van der Waals surface area contributed by atoms with Crippen molar-refractivity contribution in [2.24, 2.45) is 0 Å². The van der Waals surface area contributed by atoms with Gasteiger partial charge in [-0.2, -0.15) is 28.2 Å². The Hall–Kier alpha value is -2.42. The average Bonchev–Trinajstić information content (AvgIpc) is 3.11. The number of carbonyl (C=O) groups excluding carboxylic acids is 1. The third-order valence-electron chi connectivity index (χ3n) is 5.22. The number of halogens is 3. The maximum absolute atomic E-state index is 13.1. The Balaban J connectivity index is 1.83. The highest BCUT2D eigenvalue weighted by molar-refractivity contribution is 5.96. The molecule has 1 unspecified atom stereocenters. The number of aromatic nitrogens is 3. The largest absolute Gasteiger partial charge is 0.393 e. The minimum Gasteiger partial charge on any atom is -0.384 e. The number of rotatable bonds is 4. The molecule has 0 spiro atoms. The van der Waals surface area contributed by atoms with Crippen molar-refractivity contribution in [2.75, 3.05) is 6.54 Å². The van der Waals surface area contributed by atoms with Gasteiger partial charge in [-0.05, 0) is 45.2 Å². The summed E-state index contributed by atoms with van der Waals surface area (Å²) in [5, 5.41) is 18.6. The Morgan fingerprint density at radius 1 is 1.24 bits per heavy atom. The molecule has 0 aliphatic carbocycles. The Kier molecular flexibility index (Phi) is 5.71. The summed E-state index contributed by atoms with van der Waals surface area (Å²) in [5.74, 6) is -0.420. The molecule has 158 valence electrons. The first kappa shape index (κ1) is 21.3. The molecule has 0 saturated carbocycles. The number of carbonyl (C=O) groups is 1. The SMILES string of the molecule is C[C@@H]1CCC(n2ncc(C(C)(C)O)n2)CN1C(=O)c1ccccc1CC(F)(F)F. The number of benzene rings is 1. The second-order valence-electron chi connectivity index (χ2n) is 8.10. The standard InChI is InChI=1S/C20H25F3N4O2/c1-13-8-9-15(27-24-11-17(25-27)19(2,3)29)12-26(13)18(28)16-7-5-4-6-14(16)10-20(21,22)23/h4-7,11,13,15,29H,8-10,12H2,1-3H3/t13-,15?/m1/s1. The van der Waals surface area contributed by atoms with E-state index in [1.165, 1.54) is 29.2 Å². The smallest absolute Gasteiger partial charge is 0.384 e. The van der Waals surface area contributed by atoms with Crippen LogP contribution in [0.4, 0.5) is 13.2 Å². The number of hydrogen-bond acceptors (Lipinski definition) is 4. The molecule has 1 aromatic heterocycles. The molecule has 1 N–H and O–H groups in total. The molecule has 9 heteroatoms. The lowest BCUT2D eigenvalue weighted by molar-refractivity contribution is -0.127. The maximum Gasteiger partial charge on any atom is 0.393 e. The van der Waals surface area contributed by atoms with E-state index in [-0.39, 0.29) is 23.2 Å². The van der Waals surface area contributed by atoms with Crippen LogP contribution in [0.25, 0.3) is 0 Å². The minimum absolute atomic E-state index is 0.0270. The van der Waals surface area contributed by atoms with Crippen LogP contribution in [0.5, 0.6) is 0 Å². The average molecular weight is 410 g/mol. The Labute approximate surface area is 167 Å². The molecule has 1 fully saturated rings. The predicted molar refractivity (Wildman–Crippen MR) is 100 cm³/mol. The van der Waals surface area contributed by atoms with Gasteiger partial charge < -0.3 is 10.0 Å². The maximum atomic E-state index is 13.1. The lowest BCUT2D eigenvalue weighted by atomic mass is 9.96. The third kappa shape index (κ3) is 4.95. The quantitative estimate of drug-likeness (QED) is 0.838. The van der Waals surface area contributed by atoms with Crippen molar-refractivity contribution in [3.8, 4) is 0 Å². The monoisotopic (exact) mass is 410 g/mol. The number of aliphatic hydroxyl groups is 1. The Morgan fingerprint density at radius 3 is 2.55 bits per heavy atom. The van der Waals surface area contributed by atoms with E-state index >= 15 is 0 Å². The van der Waals surface area contributed by atoms with Crippen LogP contribution in [0.3, 0.4) is 0 Å². The highest BCUT2D eigenvalue weighted by atomic mass is 19.4. The van der Waals surface area contributed by atoms with Crippen molar-refractivity contribution >= 4 is 5.91 Å². The minimum atomic E-state index is -4.39. The van der Waals surface area contributed by atoms with Gasteiger partial charge in [0.25, 0.3) is 5.91 Å². The summed E-state index contributed by atoms with van der Waals surface area (Å²) < 4.78 is 38.8. The predicted octanol–water partition coefficient (Wildman–Crippen LogP) is 3.48. The van der Waals surface area contributed by atoms with Gasteiger partial charge in [0.1, 0.15) is 11.3 Å². The van der Waals surface area contributed by atoms with E-state index in [1.54, 1.807) is 24.8 Å². The molecule has 1 aliphatic rings. The van der Waals surface area contributed by atoms with Crippen LogP contribution < -0.4 is 0 Å². The molecule has 2 aromatic rings. The number of amides is 1. The second-order valence-corrected chi connectivity index (χ2v) is 8.10. The Bertz CT molecular complexity index is 873. The van der Waals surface area contributed by atoms with Crippen LogP contribution >= 0.6 is 0 Å². The first-order valence-electron chi connectivity index (χ1n) is 9.56. The zero-order chi connectivity index (χ0) is 21.4. The van der Waals surface area contributed by atoms with Gasteiger partial charge >= 0.3 is 6.18 Å². The number of likely N-dealkylation sites (tertiary alicyclic amines) is 1. The van der Waals surface area contributed by atoms with E-state index in [9.17, 15) is 23.1 Å². The molecule has 0 radical (unpaired) electrons. The number of hydrogen-bond donors (Lipinski definition) is 1. The summed E-state index contributed by atoms with van der Waals surface area (Å²) in [6.45, 7) is 5.40. The highest BCUT2D eigenvalue weighted by Gasteiger charge is 2.35. The third-order valence-corrected chi connectivity index (χ3v) is 5.22. The molecule has 1 amide bonds. The number of piperidine rings is 1. The molecule has 1 aliphatic heterocycles. The zero-order valence-corrected chi connectivity index (χ0v) is 16.6.